The summed E-state index contributed by atoms with van der Waals surface area (Å²) >= 11 is 0. The maximum absolute atomic E-state index is 13.2. The molecule has 1 aliphatic rings. The number of rotatable bonds is 57. The third kappa shape index (κ3) is 41.6. The average molecular weight is 1080 g/mol. The van der Waals surface area contributed by atoms with Crippen molar-refractivity contribution in [3.05, 3.63) is 24.3 Å². The number of aliphatic hydroxyl groups excluding tert-OH is 7. The Balaban J connectivity index is 2.09. The smallest absolute Gasteiger partial charge is 0.249 e. The van der Waals surface area contributed by atoms with Gasteiger partial charge in [0.1, 0.15) is 36.6 Å². The lowest BCUT2D eigenvalue weighted by Crippen LogP contribution is -2.60. The highest BCUT2D eigenvalue weighted by molar-refractivity contribution is 5.80. The van der Waals surface area contributed by atoms with E-state index in [0.717, 1.165) is 38.5 Å². The van der Waals surface area contributed by atoms with Crippen molar-refractivity contribution in [2.45, 2.75) is 371 Å². The van der Waals surface area contributed by atoms with E-state index in [-0.39, 0.29) is 12.8 Å². The van der Waals surface area contributed by atoms with Crippen LogP contribution in [-0.2, 0) is 14.3 Å². The van der Waals surface area contributed by atoms with Gasteiger partial charge in [-0.05, 0) is 64.2 Å². The van der Waals surface area contributed by atoms with Crippen LogP contribution < -0.4 is 5.32 Å². The zero-order chi connectivity index (χ0) is 55.4. The minimum atomic E-state index is -1.67. The molecule has 0 aromatic heterocycles. The number of hydrogen-bond donors (Lipinski definition) is 8. The molecule has 1 amide bonds. The number of ether oxygens (including phenoxy) is 2. The molecule has 8 N–H and O–H groups in total. The van der Waals surface area contributed by atoms with Crippen LogP contribution in [0.4, 0.5) is 0 Å². The van der Waals surface area contributed by atoms with Crippen molar-refractivity contribution < 1.29 is 50.0 Å². The first-order valence-corrected chi connectivity index (χ1v) is 32.7. The summed E-state index contributed by atoms with van der Waals surface area (Å²) in [4.78, 5) is 13.2. The van der Waals surface area contributed by atoms with E-state index in [1.54, 1.807) is 0 Å². The van der Waals surface area contributed by atoms with Gasteiger partial charge in [-0.3, -0.25) is 4.79 Å². The van der Waals surface area contributed by atoms with Gasteiger partial charge in [0.05, 0.1) is 25.4 Å². The molecule has 9 unspecified atom stereocenters. The number of aliphatic hydroxyl groups is 7. The van der Waals surface area contributed by atoms with Crippen LogP contribution in [0, 0.1) is 0 Å². The molecular weight excluding hydrogens is 955 g/mol. The van der Waals surface area contributed by atoms with Crippen molar-refractivity contribution in [1.82, 2.24) is 5.32 Å². The summed E-state index contributed by atoms with van der Waals surface area (Å²) in [6, 6.07) is -1.18. The molecule has 1 fully saturated rings. The van der Waals surface area contributed by atoms with Crippen LogP contribution in [0.5, 0.6) is 0 Å². The van der Waals surface area contributed by atoms with Gasteiger partial charge in [0.2, 0.25) is 5.91 Å². The van der Waals surface area contributed by atoms with Crippen molar-refractivity contribution in [1.29, 1.82) is 0 Å². The molecule has 0 spiro atoms. The van der Waals surface area contributed by atoms with Crippen LogP contribution in [0.25, 0.3) is 0 Å². The number of amides is 1. The van der Waals surface area contributed by atoms with Gasteiger partial charge in [-0.25, -0.2) is 0 Å². The van der Waals surface area contributed by atoms with Crippen molar-refractivity contribution in [3.8, 4) is 0 Å². The molecule has 0 bridgehead atoms. The van der Waals surface area contributed by atoms with E-state index in [4.69, 9.17) is 9.47 Å². The number of hydrogen-bond acceptors (Lipinski definition) is 10. The first-order valence-electron chi connectivity index (χ1n) is 32.7. The second kappa shape index (κ2) is 54.2. The van der Waals surface area contributed by atoms with Gasteiger partial charge in [-0.1, -0.05) is 276 Å². The molecule has 1 heterocycles. The lowest BCUT2D eigenvalue weighted by molar-refractivity contribution is -0.303. The molecule has 11 nitrogen and oxygen atoms in total. The van der Waals surface area contributed by atoms with Crippen LogP contribution in [0.3, 0.4) is 0 Å². The lowest BCUT2D eigenvalue weighted by atomic mass is 9.98. The van der Waals surface area contributed by atoms with E-state index < -0.39 is 74.2 Å². The minimum Gasteiger partial charge on any atom is -0.394 e. The second-order valence-corrected chi connectivity index (χ2v) is 23.2. The first-order chi connectivity index (χ1) is 37.2. The Morgan fingerprint density at radius 2 is 0.776 bits per heavy atom. The summed E-state index contributed by atoms with van der Waals surface area (Å²) in [7, 11) is 0. The Labute approximate surface area is 467 Å². The van der Waals surface area contributed by atoms with Gasteiger partial charge in [0.25, 0.3) is 0 Å². The second-order valence-electron chi connectivity index (χ2n) is 23.2. The Morgan fingerprint density at radius 1 is 0.447 bits per heavy atom. The Hall–Kier alpha value is -1.41. The van der Waals surface area contributed by atoms with E-state index in [1.165, 1.54) is 238 Å². The Morgan fingerprint density at radius 3 is 1.13 bits per heavy atom. The fourth-order valence-corrected chi connectivity index (χ4v) is 10.7. The van der Waals surface area contributed by atoms with E-state index in [0.29, 0.717) is 12.8 Å². The molecule has 1 rings (SSSR count). The molecule has 76 heavy (non-hydrogen) atoms. The van der Waals surface area contributed by atoms with Crippen LogP contribution in [0.15, 0.2) is 24.3 Å². The maximum Gasteiger partial charge on any atom is 0.249 e. The Bertz CT molecular complexity index is 1280. The van der Waals surface area contributed by atoms with Crippen molar-refractivity contribution in [3.63, 3.8) is 0 Å². The third-order valence-electron chi connectivity index (χ3n) is 16.0. The predicted octanol–water partition coefficient (Wildman–Crippen LogP) is 14.9. The molecular formula is C65H125NO10. The zero-order valence-corrected chi connectivity index (χ0v) is 49.5. The summed E-state index contributed by atoms with van der Waals surface area (Å²) in [6.07, 6.45) is 55.9. The van der Waals surface area contributed by atoms with E-state index >= 15 is 0 Å². The Kier molecular flexibility index (Phi) is 51.8. The van der Waals surface area contributed by atoms with Crippen molar-refractivity contribution in [2.24, 2.45) is 0 Å². The van der Waals surface area contributed by atoms with Gasteiger partial charge in [-0.2, -0.15) is 0 Å². The molecule has 0 aromatic rings. The zero-order valence-electron chi connectivity index (χ0n) is 49.5. The fraction of sp³-hybridized carbons (Fsp3) is 0.923. The lowest BCUT2D eigenvalue weighted by Gasteiger charge is -2.40. The molecule has 0 aromatic carbocycles. The molecule has 1 aliphatic heterocycles. The van der Waals surface area contributed by atoms with Gasteiger partial charge < -0.3 is 50.5 Å². The number of unbranched alkanes of at least 4 members (excludes halogenated alkanes) is 41. The number of carbonyl (C=O) groups excluding carboxylic acids is 1. The van der Waals surface area contributed by atoms with Crippen LogP contribution in [0.1, 0.15) is 316 Å². The highest BCUT2D eigenvalue weighted by Crippen LogP contribution is 2.24. The fourth-order valence-electron chi connectivity index (χ4n) is 10.7. The normalized spacial score (nSPS) is 19.7. The molecule has 0 radical (unpaired) electrons. The molecule has 11 heteroatoms. The van der Waals surface area contributed by atoms with E-state index in [9.17, 15) is 40.5 Å². The van der Waals surface area contributed by atoms with Crippen molar-refractivity contribution in [2.75, 3.05) is 13.2 Å². The predicted molar refractivity (Wildman–Crippen MR) is 316 cm³/mol. The number of allylic oxidation sites excluding steroid dienone is 4. The standard InChI is InChI=1S/C65H125NO10/c1-3-5-7-9-11-13-15-16-17-18-19-20-21-22-23-24-25-26-27-28-29-30-31-32-33-34-35-36-37-38-39-40-41-43-45-47-49-51-53-58(69)64(74)66-56(55-75-65-63(73)62(72)61(71)59(54-67)76-65)60(70)57(68)52-50-48-46-44-42-14-12-10-8-6-4-2/h28-29,44,46,56-63,65,67-73H,3-27,30-43,45,47-55H2,1-2H3,(H,66,74)/b29-28-,46-44+. The molecule has 0 aliphatic carbocycles. The first kappa shape index (κ1) is 72.6. The topological polar surface area (TPSA) is 189 Å². The van der Waals surface area contributed by atoms with Gasteiger partial charge >= 0.3 is 0 Å². The molecule has 1 saturated heterocycles. The SMILES string of the molecule is CCCCCCCC/C=C/CCCC(O)C(O)C(COC1OC(CO)C(O)C(O)C1O)NC(=O)C(O)CCCCCCCCCCCCCCCCCC/C=C\CCCCCCCCCCCCCCCCCCCC. The summed E-state index contributed by atoms with van der Waals surface area (Å²) in [5.74, 6) is -0.703. The average Bonchev–Trinajstić information content (AvgIpc) is 3.42. The molecule has 9 atom stereocenters. The minimum absolute atomic E-state index is 0.257. The van der Waals surface area contributed by atoms with Crippen LogP contribution in [-0.4, -0.2) is 110 Å². The summed E-state index contributed by atoms with van der Waals surface area (Å²) in [5.41, 5.74) is 0. The third-order valence-corrected chi connectivity index (χ3v) is 16.0. The van der Waals surface area contributed by atoms with Crippen LogP contribution in [0.2, 0.25) is 0 Å². The highest BCUT2D eigenvalue weighted by Gasteiger charge is 2.44. The maximum atomic E-state index is 13.2. The van der Waals surface area contributed by atoms with E-state index in [1.807, 2.05) is 0 Å². The van der Waals surface area contributed by atoms with Crippen molar-refractivity contribution >= 4 is 5.91 Å². The van der Waals surface area contributed by atoms with Crippen LogP contribution >= 0.6 is 0 Å². The molecule has 0 saturated carbocycles. The number of carbonyl (C=O) groups is 1. The monoisotopic (exact) mass is 1080 g/mol. The molecule has 450 valence electrons. The largest absolute Gasteiger partial charge is 0.394 e. The van der Waals surface area contributed by atoms with Gasteiger partial charge in [0, 0.05) is 0 Å². The summed E-state index contributed by atoms with van der Waals surface area (Å²) < 4.78 is 11.1. The number of nitrogens with one attached hydrogen (secondary N) is 1. The summed E-state index contributed by atoms with van der Waals surface area (Å²) in [6.45, 7) is 3.44. The summed E-state index contributed by atoms with van der Waals surface area (Å²) in [5, 5.41) is 76.0. The van der Waals surface area contributed by atoms with Gasteiger partial charge in [0.15, 0.2) is 6.29 Å². The van der Waals surface area contributed by atoms with Gasteiger partial charge in [-0.15, -0.1) is 0 Å². The van der Waals surface area contributed by atoms with E-state index in [2.05, 4.69) is 43.5 Å². The quantitative estimate of drug-likeness (QED) is 0.0215. The highest BCUT2D eigenvalue weighted by atomic mass is 16.7.